The van der Waals surface area contributed by atoms with Crippen LogP contribution in [0.4, 0.5) is 22.0 Å². The summed E-state index contributed by atoms with van der Waals surface area (Å²) in [7, 11) is 0. The Hall–Kier alpha value is -3.07. The lowest BCUT2D eigenvalue weighted by atomic mass is 10.3. The molecule has 0 fully saturated rings. The number of nitrogen functional groups attached to an aromatic ring is 1. The standard InChI is InChI=1S/C12H11FN8/c13-8-2-4-9(5-3-8)16-10-17-11(20-14)19-12(18-10)21-7-1-6-15-21/h1-7H,14H2,(H2,16,17,18,19,20). The molecule has 0 saturated heterocycles. The van der Waals surface area contributed by atoms with E-state index in [1.54, 1.807) is 30.6 Å². The van der Waals surface area contributed by atoms with Crippen molar-refractivity contribution in [3.8, 4) is 5.95 Å². The molecule has 0 spiro atoms. The number of benzene rings is 1. The van der Waals surface area contributed by atoms with Crippen LogP contribution in [-0.2, 0) is 0 Å². The average Bonchev–Trinajstić information content (AvgIpc) is 3.04. The lowest BCUT2D eigenvalue weighted by molar-refractivity contribution is 0.628. The second kappa shape index (κ2) is 5.51. The molecule has 106 valence electrons. The van der Waals surface area contributed by atoms with E-state index in [0.29, 0.717) is 11.6 Å². The van der Waals surface area contributed by atoms with Crippen molar-refractivity contribution in [2.45, 2.75) is 0 Å². The van der Waals surface area contributed by atoms with Gasteiger partial charge in [0.15, 0.2) is 0 Å². The topological polar surface area (TPSA) is 107 Å². The number of rotatable bonds is 4. The predicted octanol–water partition coefficient (Wildman–Crippen LogP) is 1.23. The molecule has 0 aliphatic carbocycles. The van der Waals surface area contributed by atoms with Crippen molar-refractivity contribution in [1.29, 1.82) is 0 Å². The number of halogens is 1. The Balaban J connectivity index is 1.94. The second-order valence-corrected chi connectivity index (χ2v) is 4.01. The number of hydrogen-bond donors (Lipinski definition) is 3. The molecule has 0 aliphatic rings. The van der Waals surface area contributed by atoms with Crippen molar-refractivity contribution in [2.75, 3.05) is 10.7 Å². The molecule has 2 heterocycles. The Morgan fingerprint density at radius 2 is 1.81 bits per heavy atom. The Morgan fingerprint density at radius 1 is 1.05 bits per heavy atom. The SMILES string of the molecule is NNc1nc(Nc2ccc(F)cc2)nc(-n2cccn2)n1. The minimum atomic E-state index is -0.322. The summed E-state index contributed by atoms with van der Waals surface area (Å²) >= 11 is 0. The first-order chi connectivity index (χ1) is 10.2. The molecule has 8 nitrogen and oxygen atoms in total. The van der Waals surface area contributed by atoms with Gasteiger partial charge in [-0.1, -0.05) is 0 Å². The predicted molar refractivity (Wildman–Crippen MR) is 74.4 cm³/mol. The fourth-order valence-corrected chi connectivity index (χ4v) is 1.64. The Labute approximate surface area is 118 Å². The van der Waals surface area contributed by atoms with E-state index in [-0.39, 0.29) is 17.7 Å². The Bertz CT molecular complexity index is 726. The van der Waals surface area contributed by atoms with Gasteiger partial charge in [-0.2, -0.15) is 20.1 Å². The van der Waals surface area contributed by atoms with Crippen molar-refractivity contribution in [3.05, 3.63) is 48.5 Å². The molecule has 2 aromatic heterocycles. The summed E-state index contributed by atoms with van der Waals surface area (Å²) in [4.78, 5) is 12.4. The monoisotopic (exact) mass is 286 g/mol. The van der Waals surface area contributed by atoms with Gasteiger partial charge >= 0.3 is 0 Å². The zero-order valence-corrected chi connectivity index (χ0v) is 10.7. The van der Waals surface area contributed by atoms with E-state index in [1.165, 1.54) is 16.8 Å². The first kappa shape index (κ1) is 12.9. The summed E-state index contributed by atoms with van der Waals surface area (Å²) in [5.74, 6) is 5.76. The van der Waals surface area contributed by atoms with Gasteiger partial charge in [0, 0.05) is 18.1 Å². The van der Waals surface area contributed by atoms with Crippen LogP contribution >= 0.6 is 0 Å². The van der Waals surface area contributed by atoms with Gasteiger partial charge in [0.25, 0.3) is 5.95 Å². The highest BCUT2D eigenvalue weighted by Crippen LogP contribution is 2.15. The van der Waals surface area contributed by atoms with E-state index in [1.807, 2.05) is 0 Å². The van der Waals surface area contributed by atoms with Crippen LogP contribution in [0.2, 0.25) is 0 Å². The van der Waals surface area contributed by atoms with E-state index >= 15 is 0 Å². The first-order valence-corrected chi connectivity index (χ1v) is 6.00. The van der Waals surface area contributed by atoms with Crippen LogP contribution in [0.1, 0.15) is 0 Å². The summed E-state index contributed by atoms with van der Waals surface area (Å²) in [6, 6.07) is 7.55. The lowest BCUT2D eigenvalue weighted by Crippen LogP contribution is -2.15. The molecule has 0 bridgehead atoms. The molecule has 0 unspecified atom stereocenters. The smallest absolute Gasteiger partial charge is 0.257 e. The molecular weight excluding hydrogens is 275 g/mol. The molecule has 3 aromatic rings. The molecule has 0 amide bonds. The number of hydrogen-bond acceptors (Lipinski definition) is 7. The van der Waals surface area contributed by atoms with E-state index in [0.717, 1.165) is 0 Å². The molecule has 4 N–H and O–H groups in total. The number of hydrazine groups is 1. The molecule has 3 rings (SSSR count). The van der Waals surface area contributed by atoms with Crippen LogP contribution in [0.3, 0.4) is 0 Å². The van der Waals surface area contributed by atoms with Gasteiger partial charge in [0.1, 0.15) is 5.82 Å². The molecule has 9 heteroatoms. The quantitative estimate of drug-likeness (QED) is 0.489. The van der Waals surface area contributed by atoms with Crippen LogP contribution < -0.4 is 16.6 Å². The van der Waals surface area contributed by atoms with Crippen LogP contribution in [0, 0.1) is 5.82 Å². The first-order valence-electron chi connectivity index (χ1n) is 6.00. The summed E-state index contributed by atoms with van der Waals surface area (Å²) in [6.07, 6.45) is 3.30. The summed E-state index contributed by atoms with van der Waals surface area (Å²) in [6.45, 7) is 0. The van der Waals surface area contributed by atoms with Crippen LogP contribution in [0.5, 0.6) is 0 Å². The van der Waals surface area contributed by atoms with Gasteiger partial charge in [0.2, 0.25) is 11.9 Å². The van der Waals surface area contributed by atoms with Crippen LogP contribution in [-0.4, -0.2) is 24.7 Å². The Morgan fingerprint density at radius 3 is 2.48 bits per heavy atom. The fourth-order valence-electron chi connectivity index (χ4n) is 1.64. The summed E-state index contributed by atoms with van der Waals surface area (Å²) in [5.41, 5.74) is 3.00. The zero-order valence-electron chi connectivity index (χ0n) is 10.7. The van der Waals surface area contributed by atoms with Crippen molar-refractivity contribution in [3.63, 3.8) is 0 Å². The van der Waals surface area contributed by atoms with Crippen molar-refractivity contribution in [1.82, 2.24) is 24.7 Å². The summed E-state index contributed by atoms with van der Waals surface area (Å²) < 4.78 is 14.4. The van der Waals surface area contributed by atoms with Crippen LogP contribution in [0.15, 0.2) is 42.7 Å². The minimum absolute atomic E-state index is 0.181. The highest BCUT2D eigenvalue weighted by Gasteiger charge is 2.08. The van der Waals surface area contributed by atoms with Gasteiger partial charge < -0.3 is 5.32 Å². The van der Waals surface area contributed by atoms with Gasteiger partial charge in [0.05, 0.1) is 0 Å². The molecular formula is C12H11FN8. The lowest BCUT2D eigenvalue weighted by Gasteiger charge is -2.08. The maximum absolute atomic E-state index is 12.9. The number of nitrogens with zero attached hydrogens (tertiary/aromatic N) is 5. The molecule has 21 heavy (non-hydrogen) atoms. The number of aromatic nitrogens is 5. The van der Waals surface area contributed by atoms with Crippen molar-refractivity contribution >= 4 is 17.6 Å². The van der Waals surface area contributed by atoms with Gasteiger partial charge in [-0.05, 0) is 30.3 Å². The molecule has 0 aliphatic heterocycles. The van der Waals surface area contributed by atoms with E-state index in [9.17, 15) is 4.39 Å². The van der Waals surface area contributed by atoms with E-state index in [4.69, 9.17) is 5.84 Å². The highest BCUT2D eigenvalue weighted by atomic mass is 19.1. The zero-order chi connectivity index (χ0) is 14.7. The van der Waals surface area contributed by atoms with Crippen molar-refractivity contribution in [2.24, 2.45) is 5.84 Å². The summed E-state index contributed by atoms with van der Waals surface area (Å²) in [5, 5.41) is 6.98. The maximum atomic E-state index is 12.9. The number of nitrogens with one attached hydrogen (secondary N) is 2. The van der Waals surface area contributed by atoms with E-state index < -0.39 is 0 Å². The van der Waals surface area contributed by atoms with Gasteiger partial charge in [-0.3, -0.25) is 5.43 Å². The van der Waals surface area contributed by atoms with Crippen LogP contribution in [0.25, 0.3) is 5.95 Å². The second-order valence-electron chi connectivity index (χ2n) is 4.01. The minimum Gasteiger partial charge on any atom is -0.324 e. The third-order valence-corrected chi connectivity index (χ3v) is 2.56. The number of anilines is 3. The molecule has 0 radical (unpaired) electrons. The van der Waals surface area contributed by atoms with E-state index in [2.05, 4.69) is 30.8 Å². The normalized spacial score (nSPS) is 10.4. The number of nitrogens with two attached hydrogens (primary N) is 1. The average molecular weight is 286 g/mol. The molecule has 1 aromatic carbocycles. The molecule has 0 atom stereocenters. The third kappa shape index (κ3) is 2.92. The molecule has 0 saturated carbocycles. The fraction of sp³-hybridized carbons (Fsp3) is 0. The Kier molecular flexibility index (Phi) is 3.39. The van der Waals surface area contributed by atoms with Gasteiger partial charge in [-0.25, -0.2) is 14.9 Å². The maximum Gasteiger partial charge on any atom is 0.257 e. The highest BCUT2D eigenvalue weighted by molar-refractivity contribution is 5.54. The third-order valence-electron chi connectivity index (χ3n) is 2.56. The van der Waals surface area contributed by atoms with Gasteiger partial charge in [-0.15, -0.1) is 0 Å². The van der Waals surface area contributed by atoms with Crippen molar-refractivity contribution < 1.29 is 4.39 Å². The largest absolute Gasteiger partial charge is 0.324 e.